The number of nitrogens with two attached hydrogens (primary N) is 1. The molecular formula is C18H23ClN2OS. The Labute approximate surface area is 147 Å². The van der Waals surface area contributed by atoms with Crippen LogP contribution in [0.3, 0.4) is 0 Å². The second kappa shape index (κ2) is 8.04. The minimum atomic E-state index is -0.152. The molecular weight excluding hydrogens is 328 g/mol. The molecule has 3 rings (SSSR count). The molecule has 5 heteroatoms. The first kappa shape index (κ1) is 18.1. The number of halogens is 1. The van der Waals surface area contributed by atoms with Crippen molar-refractivity contribution in [1.82, 2.24) is 5.32 Å². The number of thioether (sulfide) groups is 1. The highest BCUT2D eigenvalue weighted by atomic mass is 35.5. The van der Waals surface area contributed by atoms with E-state index in [4.69, 9.17) is 5.73 Å². The van der Waals surface area contributed by atoms with Crippen LogP contribution in [0.2, 0.25) is 0 Å². The second-order valence-corrected chi connectivity index (χ2v) is 7.09. The van der Waals surface area contributed by atoms with Gasteiger partial charge in [-0.3, -0.25) is 4.79 Å². The minimum Gasteiger partial charge on any atom is -0.349 e. The van der Waals surface area contributed by atoms with Crippen LogP contribution in [0.15, 0.2) is 47.4 Å². The summed E-state index contributed by atoms with van der Waals surface area (Å²) in [5.74, 6) is 0.533. The number of nitrogens with one attached hydrogen (secondary N) is 1. The van der Waals surface area contributed by atoms with Crippen molar-refractivity contribution in [3.8, 4) is 0 Å². The largest absolute Gasteiger partial charge is 0.349 e. The van der Waals surface area contributed by atoms with E-state index in [2.05, 4.69) is 35.6 Å². The number of benzene rings is 2. The maximum Gasteiger partial charge on any atom is 0.230 e. The van der Waals surface area contributed by atoms with Crippen LogP contribution in [0.5, 0.6) is 0 Å². The Hall–Kier alpha value is -1.23. The summed E-state index contributed by atoms with van der Waals surface area (Å²) in [5.41, 5.74) is 5.71. The fourth-order valence-electron chi connectivity index (χ4n) is 3.17. The molecule has 0 spiro atoms. The summed E-state index contributed by atoms with van der Waals surface area (Å²) in [6.07, 6.45) is 4.34. The summed E-state index contributed by atoms with van der Waals surface area (Å²) in [6.45, 7) is 0.541. The SMILES string of the molecule is Cl.NCC1(NC(=O)CSc2ccc3ccccc3c2)CCCC1. The lowest BCUT2D eigenvalue weighted by Crippen LogP contribution is -2.52. The number of carbonyl (C=O) groups is 1. The monoisotopic (exact) mass is 350 g/mol. The van der Waals surface area contributed by atoms with E-state index in [1.165, 1.54) is 10.8 Å². The molecule has 0 radical (unpaired) electrons. The Morgan fingerprint density at radius 1 is 1.13 bits per heavy atom. The van der Waals surface area contributed by atoms with Crippen molar-refractivity contribution in [2.45, 2.75) is 36.1 Å². The predicted octanol–water partition coefficient (Wildman–Crippen LogP) is 3.74. The van der Waals surface area contributed by atoms with Crippen LogP contribution in [0.25, 0.3) is 10.8 Å². The molecule has 2 aromatic rings. The van der Waals surface area contributed by atoms with Crippen LogP contribution >= 0.6 is 24.2 Å². The zero-order valence-corrected chi connectivity index (χ0v) is 14.7. The van der Waals surface area contributed by atoms with Gasteiger partial charge in [0.1, 0.15) is 0 Å². The molecule has 1 aliphatic rings. The van der Waals surface area contributed by atoms with Gasteiger partial charge in [0, 0.05) is 11.4 Å². The number of rotatable bonds is 5. The zero-order valence-electron chi connectivity index (χ0n) is 13.1. The number of hydrogen-bond donors (Lipinski definition) is 2. The molecule has 0 unspecified atom stereocenters. The summed E-state index contributed by atoms with van der Waals surface area (Å²) in [5, 5.41) is 5.60. The van der Waals surface area contributed by atoms with Gasteiger partial charge in [0.2, 0.25) is 5.91 Å². The fourth-order valence-corrected chi connectivity index (χ4v) is 3.91. The molecule has 0 bridgehead atoms. The van der Waals surface area contributed by atoms with E-state index in [9.17, 15) is 4.79 Å². The first-order valence-electron chi connectivity index (χ1n) is 7.83. The fraction of sp³-hybridized carbons (Fsp3) is 0.389. The van der Waals surface area contributed by atoms with Gasteiger partial charge in [0.15, 0.2) is 0 Å². The average molecular weight is 351 g/mol. The molecule has 0 heterocycles. The molecule has 0 aliphatic heterocycles. The van der Waals surface area contributed by atoms with Crippen molar-refractivity contribution < 1.29 is 4.79 Å². The molecule has 124 valence electrons. The number of hydrogen-bond acceptors (Lipinski definition) is 3. The van der Waals surface area contributed by atoms with E-state index >= 15 is 0 Å². The Bertz CT molecular complexity index is 671. The maximum absolute atomic E-state index is 12.2. The highest BCUT2D eigenvalue weighted by molar-refractivity contribution is 8.00. The van der Waals surface area contributed by atoms with Gasteiger partial charge in [0.25, 0.3) is 0 Å². The lowest BCUT2D eigenvalue weighted by molar-refractivity contribution is -0.120. The van der Waals surface area contributed by atoms with Gasteiger partial charge < -0.3 is 11.1 Å². The van der Waals surface area contributed by atoms with E-state index in [0.29, 0.717) is 12.3 Å². The number of amides is 1. The van der Waals surface area contributed by atoms with Gasteiger partial charge >= 0.3 is 0 Å². The summed E-state index contributed by atoms with van der Waals surface area (Å²) in [6, 6.07) is 14.6. The Balaban J connectivity index is 0.00000192. The van der Waals surface area contributed by atoms with Crippen molar-refractivity contribution in [2.24, 2.45) is 5.73 Å². The molecule has 1 amide bonds. The first-order valence-corrected chi connectivity index (χ1v) is 8.82. The maximum atomic E-state index is 12.2. The third-order valence-electron chi connectivity index (χ3n) is 4.45. The van der Waals surface area contributed by atoms with Crippen LogP contribution in [-0.4, -0.2) is 23.7 Å². The summed E-state index contributed by atoms with van der Waals surface area (Å²) >= 11 is 1.58. The Morgan fingerprint density at radius 2 is 1.83 bits per heavy atom. The highest BCUT2D eigenvalue weighted by Crippen LogP contribution is 2.29. The predicted molar refractivity (Wildman–Crippen MR) is 100 cm³/mol. The lowest BCUT2D eigenvalue weighted by atomic mass is 9.98. The normalized spacial score (nSPS) is 16.0. The van der Waals surface area contributed by atoms with E-state index in [1.807, 2.05) is 12.1 Å². The zero-order chi connectivity index (χ0) is 15.4. The molecule has 0 aromatic heterocycles. The van der Waals surface area contributed by atoms with E-state index in [0.717, 1.165) is 30.6 Å². The van der Waals surface area contributed by atoms with Crippen molar-refractivity contribution in [3.05, 3.63) is 42.5 Å². The molecule has 3 nitrogen and oxygen atoms in total. The van der Waals surface area contributed by atoms with E-state index < -0.39 is 0 Å². The van der Waals surface area contributed by atoms with Crippen molar-refractivity contribution in [1.29, 1.82) is 0 Å². The van der Waals surface area contributed by atoms with Crippen LogP contribution in [0.4, 0.5) is 0 Å². The van der Waals surface area contributed by atoms with Crippen molar-refractivity contribution in [3.63, 3.8) is 0 Å². The molecule has 0 saturated heterocycles. The minimum absolute atomic E-state index is 0. The third kappa shape index (κ3) is 4.40. The van der Waals surface area contributed by atoms with Gasteiger partial charge in [-0.05, 0) is 35.7 Å². The van der Waals surface area contributed by atoms with Gasteiger partial charge in [-0.25, -0.2) is 0 Å². The number of fused-ring (bicyclic) bond motifs is 1. The molecule has 1 aliphatic carbocycles. The molecule has 1 fully saturated rings. The smallest absolute Gasteiger partial charge is 0.230 e. The molecule has 2 aromatic carbocycles. The summed E-state index contributed by atoms with van der Waals surface area (Å²) in [7, 11) is 0. The van der Waals surface area contributed by atoms with Crippen LogP contribution in [0.1, 0.15) is 25.7 Å². The van der Waals surface area contributed by atoms with E-state index in [1.54, 1.807) is 11.8 Å². The molecule has 0 atom stereocenters. The molecule has 1 saturated carbocycles. The van der Waals surface area contributed by atoms with Gasteiger partial charge in [0.05, 0.1) is 11.3 Å². The van der Waals surface area contributed by atoms with Gasteiger partial charge in [-0.15, -0.1) is 24.2 Å². The van der Waals surface area contributed by atoms with E-state index in [-0.39, 0.29) is 23.9 Å². The highest BCUT2D eigenvalue weighted by Gasteiger charge is 2.33. The standard InChI is InChI=1S/C18H22N2OS.ClH/c19-13-18(9-3-4-10-18)20-17(21)12-22-16-8-7-14-5-1-2-6-15(14)11-16;/h1-2,5-8,11H,3-4,9-10,12-13,19H2,(H,20,21);1H. The second-order valence-electron chi connectivity index (χ2n) is 6.04. The number of carbonyl (C=O) groups excluding carboxylic acids is 1. The molecule has 23 heavy (non-hydrogen) atoms. The van der Waals surface area contributed by atoms with Crippen LogP contribution in [0, 0.1) is 0 Å². The lowest BCUT2D eigenvalue weighted by Gasteiger charge is -2.28. The first-order chi connectivity index (χ1) is 10.7. The van der Waals surface area contributed by atoms with Gasteiger partial charge in [-0.2, -0.15) is 0 Å². The topological polar surface area (TPSA) is 55.1 Å². The summed E-state index contributed by atoms with van der Waals surface area (Å²) in [4.78, 5) is 13.3. The molecule has 3 N–H and O–H groups in total. The van der Waals surface area contributed by atoms with Crippen molar-refractivity contribution >= 4 is 40.8 Å². The quantitative estimate of drug-likeness (QED) is 0.807. The van der Waals surface area contributed by atoms with Crippen molar-refractivity contribution in [2.75, 3.05) is 12.3 Å². The van der Waals surface area contributed by atoms with Crippen LogP contribution in [-0.2, 0) is 4.79 Å². The van der Waals surface area contributed by atoms with Crippen LogP contribution < -0.4 is 11.1 Å². The van der Waals surface area contributed by atoms with Gasteiger partial charge in [-0.1, -0.05) is 43.2 Å². The Kier molecular flexibility index (Phi) is 6.33. The Morgan fingerprint density at radius 3 is 2.52 bits per heavy atom. The summed E-state index contributed by atoms with van der Waals surface area (Å²) < 4.78 is 0. The average Bonchev–Trinajstić information content (AvgIpc) is 3.02. The third-order valence-corrected chi connectivity index (χ3v) is 5.44.